The van der Waals surface area contributed by atoms with Crippen molar-refractivity contribution in [3.05, 3.63) is 32.9 Å². The SMILES string of the molecule is CCOC(=O)C(=CC(=O)c1cc(OC)c(OC)cc1I)C(=O)OCC. The number of ketones is 1. The molecule has 1 rings (SSSR count). The second-order valence-corrected chi connectivity index (χ2v) is 5.71. The van der Waals surface area contributed by atoms with Crippen molar-refractivity contribution in [2.75, 3.05) is 27.4 Å². The molecule has 7 nitrogen and oxygen atoms in total. The first kappa shape index (κ1) is 20.9. The van der Waals surface area contributed by atoms with Crippen LogP contribution in [0.1, 0.15) is 24.2 Å². The fourth-order valence-corrected chi connectivity index (χ4v) is 2.58. The summed E-state index contributed by atoms with van der Waals surface area (Å²) >= 11 is 1.95. The zero-order valence-corrected chi connectivity index (χ0v) is 16.5. The van der Waals surface area contributed by atoms with E-state index in [9.17, 15) is 14.4 Å². The quantitative estimate of drug-likeness (QED) is 0.147. The Hall–Kier alpha value is -2.10. The van der Waals surface area contributed by atoms with Crippen LogP contribution in [-0.4, -0.2) is 45.2 Å². The molecule has 0 aromatic heterocycles. The molecule has 25 heavy (non-hydrogen) atoms. The van der Waals surface area contributed by atoms with E-state index >= 15 is 0 Å². The summed E-state index contributed by atoms with van der Waals surface area (Å²) in [6, 6.07) is 3.10. The summed E-state index contributed by atoms with van der Waals surface area (Å²) in [6.07, 6.45) is 0.916. The minimum absolute atomic E-state index is 0.0671. The zero-order chi connectivity index (χ0) is 19.0. The molecule has 1 aromatic carbocycles. The Morgan fingerprint density at radius 1 is 0.960 bits per heavy atom. The summed E-state index contributed by atoms with van der Waals surface area (Å²) < 4.78 is 20.5. The van der Waals surface area contributed by atoms with Gasteiger partial charge in [-0.05, 0) is 48.6 Å². The fraction of sp³-hybridized carbons (Fsp3) is 0.353. The van der Waals surface area contributed by atoms with E-state index in [0.717, 1.165) is 6.08 Å². The van der Waals surface area contributed by atoms with Crippen LogP contribution in [0.5, 0.6) is 11.5 Å². The van der Waals surface area contributed by atoms with Crippen molar-refractivity contribution >= 4 is 40.3 Å². The van der Waals surface area contributed by atoms with Crippen LogP contribution in [0, 0.1) is 3.57 Å². The lowest BCUT2D eigenvalue weighted by Gasteiger charge is -2.11. The van der Waals surface area contributed by atoms with E-state index in [4.69, 9.17) is 18.9 Å². The van der Waals surface area contributed by atoms with Crippen LogP contribution in [0.25, 0.3) is 0 Å². The highest BCUT2D eigenvalue weighted by molar-refractivity contribution is 14.1. The molecule has 0 amide bonds. The molecule has 0 atom stereocenters. The van der Waals surface area contributed by atoms with Gasteiger partial charge in [-0.25, -0.2) is 9.59 Å². The van der Waals surface area contributed by atoms with Crippen molar-refractivity contribution in [1.82, 2.24) is 0 Å². The lowest BCUT2D eigenvalue weighted by atomic mass is 10.1. The number of methoxy groups -OCH3 is 2. The van der Waals surface area contributed by atoms with Crippen LogP contribution >= 0.6 is 22.6 Å². The van der Waals surface area contributed by atoms with Crippen molar-refractivity contribution in [1.29, 1.82) is 0 Å². The Morgan fingerprint density at radius 2 is 1.44 bits per heavy atom. The lowest BCUT2D eigenvalue weighted by molar-refractivity contribution is -0.146. The van der Waals surface area contributed by atoms with Crippen LogP contribution in [0.3, 0.4) is 0 Å². The van der Waals surface area contributed by atoms with Gasteiger partial charge in [0.25, 0.3) is 0 Å². The van der Waals surface area contributed by atoms with Gasteiger partial charge in [0.15, 0.2) is 17.3 Å². The molecule has 0 aliphatic heterocycles. The Kier molecular flexibility index (Phi) is 8.39. The minimum Gasteiger partial charge on any atom is -0.493 e. The van der Waals surface area contributed by atoms with Gasteiger partial charge in [-0.1, -0.05) is 0 Å². The van der Waals surface area contributed by atoms with E-state index < -0.39 is 23.3 Å². The number of esters is 2. The normalized spacial score (nSPS) is 9.80. The second kappa shape index (κ2) is 10.0. The molecular formula is C17H19IO7. The Morgan fingerprint density at radius 3 is 1.88 bits per heavy atom. The maximum Gasteiger partial charge on any atom is 0.345 e. The van der Waals surface area contributed by atoms with E-state index in [-0.39, 0.29) is 18.8 Å². The van der Waals surface area contributed by atoms with Crippen LogP contribution in [0.15, 0.2) is 23.8 Å². The van der Waals surface area contributed by atoms with Gasteiger partial charge in [0, 0.05) is 15.2 Å². The standard InChI is InChI=1S/C17H19IO7/c1-5-24-16(20)11(17(21)25-6-2)7-13(19)10-8-14(22-3)15(23-4)9-12(10)18/h7-9H,5-6H2,1-4H3. The number of allylic oxidation sites excluding steroid dienone is 1. The number of benzene rings is 1. The number of ether oxygens (including phenoxy) is 4. The minimum atomic E-state index is -0.912. The number of rotatable bonds is 8. The van der Waals surface area contributed by atoms with Gasteiger partial charge in [-0.2, -0.15) is 0 Å². The van der Waals surface area contributed by atoms with E-state index in [1.165, 1.54) is 20.3 Å². The van der Waals surface area contributed by atoms with Gasteiger partial charge in [-0.3, -0.25) is 4.79 Å². The smallest absolute Gasteiger partial charge is 0.345 e. The highest BCUT2D eigenvalue weighted by Gasteiger charge is 2.24. The molecule has 1 aromatic rings. The molecule has 0 saturated carbocycles. The van der Waals surface area contributed by atoms with Gasteiger partial charge in [0.1, 0.15) is 5.57 Å². The van der Waals surface area contributed by atoms with Crippen molar-refractivity contribution in [3.63, 3.8) is 0 Å². The van der Waals surface area contributed by atoms with Gasteiger partial charge < -0.3 is 18.9 Å². The highest BCUT2D eigenvalue weighted by Crippen LogP contribution is 2.31. The van der Waals surface area contributed by atoms with Gasteiger partial charge in [0.2, 0.25) is 0 Å². The third kappa shape index (κ3) is 5.45. The third-order valence-electron chi connectivity index (χ3n) is 3.00. The molecule has 0 saturated heterocycles. The molecule has 136 valence electrons. The average Bonchev–Trinajstić information content (AvgIpc) is 2.59. The molecule has 0 bridgehead atoms. The third-order valence-corrected chi connectivity index (χ3v) is 3.90. The average molecular weight is 462 g/mol. The number of carbonyl (C=O) groups excluding carboxylic acids is 3. The first-order valence-electron chi connectivity index (χ1n) is 7.41. The van der Waals surface area contributed by atoms with Gasteiger partial charge >= 0.3 is 11.9 Å². The maximum atomic E-state index is 12.6. The fourth-order valence-electron chi connectivity index (χ4n) is 1.87. The Labute approximate surface area is 159 Å². The summed E-state index contributed by atoms with van der Waals surface area (Å²) in [5, 5.41) is 0. The molecule has 0 heterocycles. The molecule has 0 radical (unpaired) electrons. The summed E-state index contributed by atoms with van der Waals surface area (Å²) in [6.45, 7) is 3.33. The summed E-state index contributed by atoms with van der Waals surface area (Å²) in [5.74, 6) is -1.56. The van der Waals surface area contributed by atoms with Crippen LogP contribution in [0.2, 0.25) is 0 Å². The van der Waals surface area contributed by atoms with E-state index in [1.54, 1.807) is 19.9 Å². The molecule has 0 N–H and O–H groups in total. The van der Waals surface area contributed by atoms with Crippen LogP contribution in [-0.2, 0) is 19.1 Å². The molecule has 0 spiro atoms. The first-order valence-corrected chi connectivity index (χ1v) is 8.49. The Balaban J connectivity index is 3.32. The largest absolute Gasteiger partial charge is 0.493 e. The van der Waals surface area contributed by atoms with Crippen molar-refractivity contribution in [2.24, 2.45) is 0 Å². The molecule has 8 heteroatoms. The Bertz CT molecular complexity index is 674. The molecule has 0 aliphatic carbocycles. The zero-order valence-electron chi connectivity index (χ0n) is 14.4. The summed E-state index contributed by atoms with van der Waals surface area (Å²) in [4.78, 5) is 36.5. The van der Waals surface area contributed by atoms with Crippen LogP contribution < -0.4 is 9.47 Å². The maximum absolute atomic E-state index is 12.6. The summed E-state index contributed by atoms with van der Waals surface area (Å²) in [5.41, 5.74) is -0.205. The van der Waals surface area contributed by atoms with Crippen LogP contribution in [0.4, 0.5) is 0 Å². The number of carbonyl (C=O) groups is 3. The highest BCUT2D eigenvalue weighted by atomic mass is 127. The van der Waals surface area contributed by atoms with Crippen molar-refractivity contribution < 1.29 is 33.3 Å². The van der Waals surface area contributed by atoms with Crippen molar-refractivity contribution in [2.45, 2.75) is 13.8 Å². The van der Waals surface area contributed by atoms with Gasteiger partial charge in [-0.15, -0.1) is 0 Å². The molecule has 0 unspecified atom stereocenters. The first-order chi connectivity index (χ1) is 11.9. The van der Waals surface area contributed by atoms with E-state index in [2.05, 4.69) is 0 Å². The topological polar surface area (TPSA) is 88.1 Å². The van der Waals surface area contributed by atoms with E-state index in [0.29, 0.717) is 15.1 Å². The number of halogens is 1. The predicted octanol–water partition coefficient (Wildman–Crippen LogP) is 2.54. The van der Waals surface area contributed by atoms with Gasteiger partial charge in [0.05, 0.1) is 27.4 Å². The summed E-state index contributed by atoms with van der Waals surface area (Å²) in [7, 11) is 2.92. The van der Waals surface area contributed by atoms with Crippen molar-refractivity contribution in [3.8, 4) is 11.5 Å². The second-order valence-electron chi connectivity index (χ2n) is 4.55. The monoisotopic (exact) mass is 462 g/mol. The number of hydrogen-bond donors (Lipinski definition) is 0. The molecular weight excluding hydrogens is 443 g/mol. The molecule has 0 aliphatic rings. The predicted molar refractivity (Wildman–Crippen MR) is 97.9 cm³/mol. The lowest BCUT2D eigenvalue weighted by Crippen LogP contribution is -2.20. The van der Waals surface area contributed by atoms with E-state index in [1.807, 2.05) is 22.6 Å². The molecule has 0 fully saturated rings. The number of hydrogen-bond acceptors (Lipinski definition) is 7.